The summed E-state index contributed by atoms with van der Waals surface area (Å²) in [7, 11) is 3.95. The topological polar surface area (TPSA) is 52.0 Å². The third kappa shape index (κ3) is 2.41. The lowest BCUT2D eigenvalue weighted by Crippen LogP contribution is -2.11. The molecule has 0 spiro atoms. The molecule has 1 heterocycles. The number of hydrogen-bond donors (Lipinski definition) is 1. The molecule has 0 fully saturated rings. The molecule has 0 atom stereocenters. The van der Waals surface area contributed by atoms with Crippen molar-refractivity contribution in [2.24, 2.45) is 0 Å². The molecule has 90 valence electrons. The summed E-state index contributed by atoms with van der Waals surface area (Å²) in [5.74, 6) is 0.578. The largest absolute Gasteiger partial charge is 0.376 e. The van der Waals surface area contributed by atoms with Crippen LogP contribution in [-0.4, -0.2) is 19.1 Å². The van der Waals surface area contributed by atoms with Crippen LogP contribution in [0.4, 0.5) is 17.2 Å². The van der Waals surface area contributed by atoms with E-state index in [1.54, 1.807) is 18.3 Å². The Labute approximate surface area is 107 Å². The highest BCUT2D eigenvalue weighted by Gasteiger charge is 2.07. The molecule has 18 heavy (non-hydrogen) atoms. The quantitative estimate of drug-likeness (QED) is 0.893. The van der Waals surface area contributed by atoms with Crippen molar-refractivity contribution in [2.75, 3.05) is 24.3 Å². The number of nitrogens with zero attached hydrogens (tertiary/aromatic N) is 3. The summed E-state index contributed by atoms with van der Waals surface area (Å²) in [4.78, 5) is 6.20. The molecule has 2 aromatic rings. The Bertz CT molecular complexity index is 584. The molecule has 0 saturated carbocycles. The third-order valence-corrected chi connectivity index (χ3v) is 2.57. The zero-order valence-corrected chi connectivity index (χ0v) is 10.4. The van der Waals surface area contributed by atoms with Gasteiger partial charge in [-0.05, 0) is 24.3 Å². The molecule has 0 bridgehead atoms. The Morgan fingerprint density at radius 3 is 2.67 bits per heavy atom. The van der Waals surface area contributed by atoms with Crippen LogP contribution in [0.5, 0.6) is 0 Å². The second-order valence-electron chi connectivity index (χ2n) is 4.05. The van der Waals surface area contributed by atoms with E-state index in [4.69, 9.17) is 5.26 Å². The fourth-order valence-electron chi connectivity index (χ4n) is 1.69. The van der Waals surface area contributed by atoms with E-state index in [9.17, 15) is 0 Å². The summed E-state index contributed by atoms with van der Waals surface area (Å²) >= 11 is 0. The van der Waals surface area contributed by atoms with Gasteiger partial charge in [-0.2, -0.15) is 5.26 Å². The van der Waals surface area contributed by atoms with Crippen LogP contribution < -0.4 is 10.2 Å². The Kier molecular flexibility index (Phi) is 3.44. The van der Waals surface area contributed by atoms with Crippen molar-refractivity contribution in [3.05, 3.63) is 48.2 Å². The molecule has 0 saturated heterocycles. The summed E-state index contributed by atoms with van der Waals surface area (Å²) in [6.07, 6.45) is 1.67. The van der Waals surface area contributed by atoms with Crippen LogP contribution in [0.3, 0.4) is 0 Å². The number of aromatic nitrogens is 1. The van der Waals surface area contributed by atoms with Gasteiger partial charge in [0.25, 0.3) is 0 Å². The number of pyridine rings is 1. The lowest BCUT2D eigenvalue weighted by molar-refractivity contribution is 1.13. The second kappa shape index (κ2) is 5.19. The van der Waals surface area contributed by atoms with E-state index in [0.717, 1.165) is 11.4 Å². The van der Waals surface area contributed by atoms with Crippen LogP contribution in [0.1, 0.15) is 5.56 Å². The minimum Gasteiger partial charge on any atom is -0.376 e. The molecule has 0 radical (unpaired) electrons. The smallest absolute Gasteiger partial charge is 0.148 e. The molecule has 0 aliphatic rings. The highest BCUT2D eigenvalue weighted by atomic mass is 15.1. The molecular formula is C14H14N4. The third-order valence-electron chi connectivity index (χ3n) is 2.57. The van der Waals surface area contributed by atoms with Gasteiger partial charge in [-0.25, -0.2) is 4.98 Å². The first-order valence-corrected chi connectivity index (χ1v) is 5.61. The van der Waals surface area contributed by atoms with E-state index in [1.807, 2.05) is 43.3 Å². The van der Waals surface area contributed by atoms with Gasteiger partial charge in [0.05, 0.1) is 16.9 Å². The Hall–Kier alpha value is -2.54. The maximum atomic E-state index is 9.03. The van der Waals surface area contributed by atoms with Gasteiger partial charge in [0.15, 0.2) is 0 Å². The molecular weight excluding hydrogens is 224 g/mol. The summed E-state index contributed by atoms with van der Waals surface area (Å²) in [6.45, 7) is 0. The number of anilines is 3. The van der Waals surface area contributed by atoms with Crippen LogP contribution in [0.25, 0.3) is 0 Å². The van der Waals surface area contributed by atoms with E-state index < -0.39 is 0 Å². The van der Waals surface area contributed by atoms with Crippen molar-refractivity contribution in [1.82, 2.24) is 4.98 Å². The molecule has 4 nitrogen and oxygen atoms in total. The van der Waals surface area contributed by atoms with Crippen LogP contribution in [-0.2, 0) is 0 Å². The van der Waals surface area contributed by atoms with Gasteiger partial charge >= 0.3 is 0 Å². The second-order valence-corrected chi connectivity index (χ2v) is 4.05. The number of nitriles is 1. The fourth-order valence-corrected chi connectivity index (χ4v) is 1.69. The van der Waals surface area contributed by atoms with Crippen molar-refractivity contribution in [1.29, 1.82) is 5.26 Å². The Morgan fingerprint density at radius 1 is 1.17 bits per heavy atom. The van der Waals surface area contributed by atoms with Gasteiger partial charge in [-0.1, -0.05) is 12.1 Å². The van der Waals surface area contributed by atoms with Gasteiger partial charge in [-0.15, -0.1) is 0 Å². The van der Waals surface area contributed by atoms with Gasteiger partial charge in [0.2, 0.25) is 0 Å². The molecule has 1 N–H and O–H groups in total. The summed E-state index contributed by atoms with van der Waals surface area (Å²) in [5, 5.41) is 12.2. The number of nitrogens with one attached hydrogen (secondary N) is 1. The van der Waals surface area contributed by atoms with Crippen LogP contribution in [0.2, 0.25) is 0 Å². The average molecular weight is 238 g/mol. The Balaban J connectivity index is 2.38. The van der Waals surface area contributed by atoms with Crippen molar-refractivity contribution < 1.29 is 0 Å². The Morgan fingerprint density at radius 2 is 1.94 bits per heavy atom. The lowest BCUT2D eigenvalue weighted by atomic mass is 10.2. The summed E-state index contributed by atoms with van der Waals surface area (Å²) in [6, 6.07) is 13.5. The summed E-state index contributed by atoms with van der Waals surface area (Å²) in [5.41, 5.74) is 2.51. The zero-order chi connectivity index (χ0) is 13.0. The van der Waals surface area contributed by atoms with Crippen LogP contribution in [0, 0.1) is 11.3 Å². The molecule has 0 aliphatic heterocycles. The zero-order valence-electron chi connectivity index (χ0n) is 10.4. The summed E-state index contributed by atoms with van der Waals surface area (Å²) < 4.78 is 0. The SMILES string of the molecule is CN(C)c1ccccc1Nc1ncccc1C#N. The first kappa shape index (κ1) is 11.9. The van der Waals surface area contributed by atoms with Crippen LogP contribution in [0.15, 0.2) is 42.6 Å². The molecule has 1 aromatic heterocycles. The van der Waals surface area contributed by atoms with Gasteiger partial charge in [0.1, 0.15) is 11.9 Å². The highest BCUT2D eigenvalue weighted by Crippen LogP contribution is 2.27. The van der Waals surface area contributed by atoms with E-state index >= 15 is 0 Å². The van der Waals surface area contributed by atoms with Gasteiger partial charge < -0.3 is 10.2 Å². The normalized spacial score (nSPS) is 9.61. The number of rotatable bonds is 3. The van der Waals surface area contributed by atoms with E-state index in [-0.39, 0.29) is 0 Å². The first-order chi connectivity index (χ1) is 8.72. The van der Waals surface area contributed by atoms with E-state index in [1.165, 1.54) is 0 Å². The van der Waals surface area contributed by atoms with Crippen molar-refractivity contribution in [3.63, 3.8) is 0 Å². The molecule has 1 aromatic carbocycles. The standard InChI is InChI=1S/C14H14N4/c1-18(2)13-8-4-3-7-12(13)17-14-11(10-15)6-5-9-16-14/h3-9H,1-2H3,(H,16,17). The fraction of sp³-hybridized carbons (Fsp3) is 0.143. The van der Waals surface area contributed by atoms with Gasteiger partial charge in [-0.3, -0.25) is 0 Å². The predicted molar refractivity (Wildman–Crippen MR) is 73.0 cm³/mol. The van der Waals surface area contributed by atoms with E-state index in [0.29, 0.717) is 11.4 Å². The maximum Gasteiger partial charge on any atom is 0.148 e. The molecule has 2 rings (SSSR count). The molecule has 0 amide bonds. The maximum absolute atomic E-state index is 9.03. The van der Waals surface area contributed by atoms with Crippen molar-refractivity contribution >= 4 is 17.2 Å². The first-order valence-electron chi connectivity index (χ1n) is 5.61. The number of benzene rings is 1. The lowest BCUT2D eigenvalue weighted by Gasteiger charge is -2.18. The minimum atomic E-state index is 0.533. The van der Waals surface area contributed by atoms with Crippen LogP contribution >= 0.6 is 0 Å². The van der Waals surface area contributed by atoms with Crippen molar-refractivity contribution in [2.45, 2.75) is 0 Å². The average Bonchev–Trinajstić information content (AvgIpc) is 2.40. The number of para-hydroxylation sites is 2. The van der Waals surface area contributed by atoms with Crippen molar-refractivity contribution in [3.8, 4) is 6.07 Å². The minimum absolute atomic E-state index is 0.533. The molecule has 0 aliphatic carbocycles. The van der Waals surface area contributed by atoms with E-state index in [2.05, 4.69) is 16.4 Å². The monoisotopic (exact) mass is 238 g/mol. The molecule has 4 heteroatoms. The van der Waals surface area contributed by atoms with Gasteiger partial charge in [0, 0.05) is 20.3 Å². The highest BCUT2D eigenvalue weighted by molar-refractivity contribution is 5.75. The predicted octanol–water partition coefficient (Wildman–Crippen LogP) is 2.76. The molecule has 0 unspecified atom stereocenters. The number of hydrogen-bond acceptors (Lipinski definition) is 4.